The smallest absolute Gasteiger partial charge is 0.163 e. The van der Waals surface area contributed by atoms with Crippen LogP contribution in [0.1, 0.15) is 32.8 Å². The van der Waals surface area contributed by atoms with Crippen molar-refractivity contribution in [3.8, 4) is 0 Å². The van der Waals surface area contributed by atoms with Crippen LogP contribution < -0.4 is 0 Å². The second-order valence-electron chi connectivity index (χ2n) is 6.06. The highest BCUT2D eigenvalue weighted by Gasteiger charge is 2.39. The minimum Gasteiger partial charge on any atom is -0.394 e. The van der Waals surface area contributed by atoms with Gasteiger partial charge in [-0.2, -0.15) is 0 Å². The third-order valence-corrected chi connectivity index (χ3v) is 3.60. The molecule has 1 aromatic rings. The van der Waals surface area contributed by atoms with E-state index in [4.69, 9.17) is 14.2 Å². The van der Waals surface area contributed by atoms with Gasteiger partial charge in [0.05, 0.1) is 25.4 Å². The molecule has 1 fully saturated rings. The normalized spacial score (nSPS) is 25.6. The highest BCUT2D eigenvalue weighted by atomic mass is 16.8. The lowest BCUT2D eigenvalue weighted by molar-refractivity contribution is -0.148. The number of aliphatic hydroxyl groups is 1. The summed E-state index contributed by atoms with van der Waals surface area (Å²) in [6.45, 7) is 6.32. The first-order valence-corrected chi connectivity index (χ1v) is 7.79. The maximum atomic E-state index is 9.33. The first-order valence-electron chi connectivity index (χ1n) is 7.79. The van der Waals surface area contributed by atoms with Crippen LogP contribution in [0.2, 0.25) is 0 Å². The van der Waals surface area contributed by atoms with Crippen LogP contribution >= 0.6 is 0 Å². The van der Waals surface area contributed by atoms with Crippen molar-refractivity contribution in [1.82, 2.24) is 0 Å². The highest BCUT2D eigenvalue weighted by molar-refractivity contribution is 5.13. The Labute approximate surface area is 132 Å². The summed E-state index contributed by atoms with van der Waals surface area (Å²) in [6.07, 6.45) is 4.41. The molecule has 0 spiro atoms. The number of aliphatic hydroxyl groups excluding tert-OH is 1. The molecule has 1 N–H and O–H groups in total. The van der Waals surface area contributed by atoms with E-state index in [1.54, 1.807) is 0 Å². The van der Waals surface area contributed by atoms with Crippen LogP contribution in [0.3, 0.4) is 0 Å². The molecule has 22 heavy (non-hydrogen) atoms. The molecule has 4 nitrogen and oxygen atoms in total. The minimum atomic E-state index is -0.624. The van der Waals surface area contributed by atoms with Crippen LogP contribution in [-0.4, -0.2) is 35.8 Å². The topological polar surface area (TPSA) is 47.9 Å². The summed E-state index contributed by atoms with van der Waals surface area (Å²) in [5, 5.41) is 9.33. The van der Waals surface area contributed by atoms with E-state index in [-0.39, 0.29) is 24.9 Å². The predicted octanol–water partition coefficient (Wildman–Crippen LogP) is 3.05. The molecule has 4 heteroatoms. The molecule has 0 radical (unpaired) electrons. The molecule has 2 rings (SSSR count). The van der Waals surface area contributed by atoms with Gasteiger partial charge in [-0.3, -0.25) is 0 Å². The van der Waals surface area contributed by atoms with E-state index in [1.165, 1.54) is 0 Å². The van der Waals surface area contributed by atoms with E-state index in [2.05, 4.69) is 0 Å². The average molecular weight is 306 g/mol. The van der Waals surface area contributed by atoms with E-state index in [0.717, 1.165) is 5.56 Å². The highest BCUT2D eigenvalue weighted by Crippen LogP contribution is 2.29. The average Bonchev–Trinajstić information content (AvgIpc) is 2.80. The van der Waals surface area contributed by atoms with Crippen molar-refractivity contribution >= 4 is 0 Å². The van der Waals surface area contributed by atoms with E-state index in [0.29, 0.717) is 13.0 Å². The van der Waals surface area contributed by atoms with Gasteiger partial charge in [-0.1, -0.05) is 42.5 Å². The van der Waals surface area contributed by atoms with Crippen molar-refractivity contribution in [2.24, 2.45) is 0 Å². The third kappa shape index (κ3) is 5.21. The number of rotatable bonds is 7. The van der Waals surface area contributed by atoms with Crippen LogP contribution in [0, 0.1) is 0 Å². The fourth-order valence-electron chi connectivity index (χ4n) is 2.53. The Kier molecular flexibility index (Phi) is 6.15. The summed E-state index contributed by atoms with van der Waals surface area (Å²) in [5.41, 5.74) is 1.16. The molecule has 1 saturated heterocycles. The molecule has 0 bridgehead atoms. The van der Waals surface area contributed by atoms with Crippen molar-refractivity contribution < 1.29 is 19.3 Å². The fraction of sp³-hybridized carbons (Fsp3) is 0.556. The van der Waals surface area contributed by atoms with Crippen LogP contribution in [0.4, 0.5) is 0 Å². The Bertz CT molecular complexity index is 469. The van der Waals surface area contributed by atoms with Gasteiger partial charge in [0, 0.05) is 0 Å². The zero-order valence-electron chi connectivity index (χ0n) is 13.6. The standard InChI is InChI=1S/C18H26O4/c1-14(20-13-15-9-5-4-6-10-15)8-7-11-16-17(12-19)22-18(2,3)21-16/h4-10,14,16-17,19H,11-13H2,1-3H3/b8-7-/t14-,16+,17-/m0/s1. The van der Waals surface area contributed by atoms with Crippen molar-refractivity contribution in [2.75, 3.05) is 6.61 Å². The first kappa shape index (κ1) is 17.2. The summed E-state index contributed by atoms with van der Waals surface area (Å²) < 4.78 is 17.2. The Hall–Kier alpha value is -1.20. The largest absolute Gasteiger partial charge is 0.394 e. The molecule has 0 unspecified atom stereocenters. The SMILES string of the molecule is C[C@@H](/C=C\C[C@H]1OC(C)(C)O[C@H]1CO)OCc1ccccc1. The minimum absolute atomic E-state index is 0.0258. The molecule has 1 aliphatic rings. The number of benzene rings is 1. The van der Waals surface area contributed by atoms with Gasteiger partial charge in [0.25, 0.3) is 0 Å². The molecular weight excluding hydrogens is 280 g/mol. The van der Waals surface area contributed by atoms with Crippen LogP contribution in [0.5, 0.6) is 0 Å². The van der Waals surface area contributed by atoms with Gasteiger partial charge >= 0.3 is 0 Å². The van der Waals surface area contributed by atoms with Crippen LogP contribution in [0.25, 0.3) is 0 Å². The molecule has 1 aromatic carbocycles. The van der Waals surface area contributed by atoms with Crippen molar-refractivity contribution in [1.29, 1.82) is 0 Å². The molecule has 3 atom stereocenters. The second kappa shape index (κ2) is 7.88. The van der Waals surface area contributed by atoms with E-state index >= 15 is 0 Å². The molecule has 1 aliphatic heterocycles. The van der Waals surface area contributed by atoms with Gasteiger partial charge in [0.2, 0.25) is 0 Å². The first-order chi connectivity index (χ1) is 10.5. The van der Waals surface area contributed by atoms with Crippen molar-refractivity contribution in [3.05, 3.63) is 48.0 Å². The third-order valence-electron chi connectivity index (χ3n) is 3.60. The zero-order valence-corrected chi connectivity index (χ0v) is 13.6. The molecule has 0 aliphatic carbocycles. The number of hydrogen-bond acceptors (Lipinski definition) is 4. The van der Waals surface area contributed by atoms with E-state index in [1.807, 2.05) is 63.3 Å². The number of ether oxygens (including phenoxy) is 3. The Morgan fingerprint density at radius 1 is 1.23 bits per heavy atom. The lowest BCUT2D eigenvalue weighted by Gasteiger charge is -2.16. The van der Waals surface area contributed by atoms with Gasteiger partial charge < -0.3 is 19.3 Å². The molecule has 0 amide bonds. The van der Waals surface area contributed by atoms with Crippen molar-refractivity contribution in [3.63, 3.8) is 0 Å². The Morgan fingerprint density at radius 3 is 2.59 bits per heavy atom. The Balaban J connectivity index is 1.74. The molecule has 122 valence electrons. The quantitative estimate of drug-likeness (QED) is 0.787. The predicted molar refractivity (Wildman–Crippen MR) is 85.4 cm³/mol. The van der Waals surface area contributed by atoms with E-state index < -0.39 is 5.79 Å². The van der Waals surface area contributed by atoms with Gasteiger partial charge in [-0.25, -0.2) is 0 Å². The summed E-state index contributed by atoms with van der Waals surface area (Å²) in [5.74, 6) is -0.624. The molecular formula is C18H26O4. The van der Waals surface area contributed by atoms with Gasteiger partial charge in [0.15, 0.2) is 5.79 Å². The molecule has 0 saturated carbocycles. The lowest BCUT2D eigenvalue weighted by atomic mass is 10.1. The maximum Gasteiger partial charge on any atom is 0.163 e. The van der Waals surface area contributed by atoms with Crippen molar-refractivity contribution in [2.45, 2.75) is 57.9 Å². The Morgan fingerprint density at radius 2 is 1.91 bits per heavy atom. The maximum absolute atomic E-state index is 9.33. The summed E-state index contributed by atoms with van der Waals surface area (Å²) in [4.78, 5) is 0. The monoisotopic (exact) mass is 306 g/mol. The molecule has 0 aromatic heterocycles. The number of hydrogen-bond donors (Lipinski definition) is 1. The van der Waals surface area contributed by atoms with Gasteiger partial charge in [-0.05, 0) is 32.8 Å². The summed E-state index contributed by atoms with van der Waals surface area (Å²) in [7, 11) is 0. The van der Waals surface area contributed by atoms with Gasteiger partial charge in [-0.15, -0.1) is 0 Å². The molecule has 1 heterocycles. The summed E-state index contributed by atoms with van der Waals surface area (Å²) >= 11 is 0. The van der Waals surface area contributed by atoms with E-state index in [9.17, 15) is 5.11 Å². The second-order valence-corrected chi connectivity index (χ2v) is 6.06. The zero-order chi connectivity index (χ0) is 16.0. The van der Waals surface area contributed by atoms with Crippen LogP contribution in [-0.2, 0) is 20.8 Å². The van der Waals surface area contributed by atoms with Crippen LogP contribution in [0.15, 0.2) is 42.5 Å². The summed E-state index contributed by atoms with van der Waals surface area (Å²) in [6, 6.07) is 10.1. The fourth-order valence-corrected chi connectivity index (χ4v) is 2.53. The lowest BCUT2D eigenvalue weighted by Crippen LogP contribution is -2.25. The van der Waals surface area contributed by atoms with Gasteiger partial charge in [0.1, 0.15) is 6.10 Å².